The minimum absolute atomic E-state index is 0.0586. The Balaban J connectivity index is 2.11. The van der Waals surface area contributed by atoms with Crippen LogP contribution in [-0.4, -0.2) is 31.5 Å². The second-order valence-electron chi connectivity index (χ2n) is 5.16. The van der Waals surface area contributed by atoms with Crippen molar-refractivity contribution in [3.05, 3.63) is 20.0 Å². The fourth-order valence-electron chi connectivity index (χ4n) is 2.57. The highest BCUT2D eigenvalue weighted by atomic mass is 32.2. The number of fused-ring (bicyclic) bond motifs is 1. The van der Waals surface area contributed by atoms with E-state index in [1.807, 2.05) is 6.92 Å². The largest absolute Gasteiger partial charge is 0.369 e. The van der Waals surface area contributed by atoms with Gasteiger partial charge in [-0.25, -0.2) is 0 Å². The van der Waals surface area contributed by atoms with Crippen LogP contribution in [-0.2, 0) is 9.53 Å². The topological polar surface area (TPSA) is 120 Å². The third-order valence-corrected chi connectivity index (χ3v) is 5.90. The van der Waals surface area contributed by atoms with Gasteiger partial charge in [-0.1, -0.05) is 24.7 Å². The summed E-state index contributed by atoms with van der Waals surface area (Å²) in [5.74, 6) is -0.0586. The lowest BCUT2D eigenvalue weighted by molar-refractivity contribution is -0.108. The molecule has 0 saturated carbocycles. The van der Waals surface area contributed by atoms with E-state index < -0.39 is 11.8 Å². The number of aromatic nitrogens is 3. The summed E-state index contributed by atoms with van der Waals surface area (Å²) in [6.07, 6.45) is 2.21. The summed E-state index contributed by atoms with van der Waals surface area (Å²) in [4.78, 5) is 41.4. The van der Waals surface area contributed by atoms with Crippen molar-refractivity contribution in [3.8, 4) is 0 Å². The molecule has 3 atom stereocenters. The van der Waals surface area contributed by atoms with Gasteiger partial charge < -0.3 is 15.3 Å². The Morgan fingerprint density at radius 2 is 2.26 bits per heavy atom. The number of nitrogens with one attached hydrogen (secondary N) is 1. The van der Waals surface area contributed by atoms with Crippen molar-refractivity contribution < 1.29 is 9.53 Å². The first-order valence-corrected chi connectivity index (χ1v) is 8.96. The predicted molar refractivity (Wildman–Crippen MR) is 89.8 cm³/mol. The van der Waals surface area contributed by atoms with Crippen molar-refractivity contribution in [1.82, 2.24) is 14.5 Å². The summed E-state index contributed by atoms with van der Waals surface area (Å²) in [6.45, 7) is 2.04. The van der Waals surface area contributed by atoms with E-state index >= 15 is 0 Å². The van der Waals surface area contributed by atoms with E-state index in [1.54, 1.807) is 0 Å². The van der Waals surface area contributed by atoms with E-state index in [0.29, 0.717) is 0 Å². The number of nitrogens with zero attached hydrogens (tertiary/aromatic N) is 2. The number of hydrogen-bond acceptors (Lipinski definition) is 8. The molecule has 2 aromatic rings. The van der Waals surface area contributed by atoms with Gasteiger partial charge in [0.2, 0.25) is 5.95 Å². The zero-order valence-electron chi connectivity index (χ0n) is 12.4. The van der Waals surface area contributed by atoms with Gasteiger partial charge in [-0.2, -0.15) is 4.98 Å². The molecule has 23 heavy (non-hydrogen) atoms. The number of carbonyl (C=O) groups excluding carboxylic acids is 1. The molecule has 3 N–H and O–H groups in total. The van der Waals surface area contributed by atoms with E-state index in [-0.39, 0.29) is 38.3 Å². The van der Waals surface area contributed by atoms with Crippen molar-refractivity contribution in [2.24, 2.45) is 0 Å². The summed E-state index contributed by atoms with van der Waals surface area (Å²) >= 11 is 2.34. The van der Waals surface area contributed by atoms with E-state index in [4.69, 9.17) is 10.5 Å². The zero-order valence-corrected chi connectivity index (χ0v) is 14.0. The summed E-state index contributed by atoms with van der Waals surface area (Å²) in [7, 11) is 0. The molecular formula is C13H16N4O4S2. The third kappa shape index (κ3) is 2.93. The fourth-order valence-corrected chi connectivity index (χ4v) is 4.87. The molecule has 0 radical (unpaired) electrons. The van der Waals surface area contributed by atoms with Gasteiger partial charge in [-0.3, -0.25) is 19.1 Å². The smallest absolute Gasteiger partial charge is 0.311 e. The Bertz CT molecular complexity index is 843. The van der Waals surface area contributed by atoms with Crippen LogP contribution >= 0.6 is 23.1 Å². The zero-order chi connectivity index (χ0) is 16.6. The van der Waals surface area contributed by atoms with Crippen LogP contribution in [0.5, 0.6) is 0 Å². The van der Waals surface area contributed by atoms with Crippen LogP contribution in [0.25, 0.3) is 10.3 Å². The van der Waals surface area contributed by atoms with Gasteiger partial charge in [-0.15, -0.1) is 11.8 Å². The van der Waals surface area contributed by atoms with Crippen molar-refractivity contribution in [2.45, 2.75) is 43.1 Å². The summed E-state index contributed by atoms with van der Waals surface area (Å²) in [5, 5.41) is -0.193. The van der Waals surface area contributed by atoms with Gasteiger partial charge in [0.05, 0.1) is 5.25 Å². The van der Waals surface area contributed by atoms with E-state index in [0.717, 1.165) is 30.5 Å². The van der Waals surface area contributed by atoms with Crippen LogP contribution in [0.1, 0.15) is 32.4 Å². The normalized spacial score (nSPS) is 24.3. The molecule has 8 nitrogen and oxygen atoms in total. The standard InChI is InChI=1S/C13H16N4O4S2/c1-2-3-7-21-11(6(22-7)4-5-18)17-9-8(23-13(17)20)10(19)16-12(14)15-9/h5-7,11H,2-4H2,1H3,(H3,14,15,16,19)/t6-,7?,11?/m0/s1. The van der Waals surface area contributed by atoms with Gasteiger partial charge in [0.15, 0.2) is 11.9 Å². The fraction of sp³-hybridized carbons (Fsp3) is 0.538. The molecule has 1 fully saturated rings. The molecule has 0 aliphatic carbocycles. The highest BCUT2D eigenvalue weighted by Gasteiger charge is 2.38. The van der Waals surface area contributed by atoms with Gasteiger partial charge >= 0.3 is 4.87 Å². The first kappa shape index (κ1) is 16.2. The Morgan fingerprint density at radius 3 is 2.96 bits per heavy atom. The molecule has 3 heterocycles. The number of nitrogens with two attached hydrogens (primary N) is 1. The number of rotatable bonds is 5. The minimum Gasteiger partial charge on any atom is -0.369 e. The molecule has 1 saturated heterocycles. The lowest BCUT2D eigenvalue weighted by atomic mass is 10.3. The maximum atomic E-state index is 12.4. The molecule has 0 amide bonds. The first-order valence-electron chi connectivity index (χ1n) is 7.20. The SMILES string of the molecule is CCCC1OC(n2c(=O)sc3c(=O)[nH]c(N)nc32)[C@H](CC=O)S1. The van der Waals surface area contributed by atoms with Crippen molar-refractivity contribution in [3.63, 3.8) is 0 Å². The number of thiazole rings is 1. The number of thioether (sulfide) groups is 1. The number of nitrogen functional groups attached to an aromatic ring is 1. The second kappa shape index (κ2) is 6.46. The number of aromatic amines is 1. The Kier molecular flexibility index (Phi) is 4.55. The average Bonchev–Trinajstić information content (AvgIpc) is 3.00. The summed E-state index contributed by atoms with van der Waals surface area (Å²) in [6, 6.07) is 0. The maximum Gasteiger partial charge on any atom is 0.311 e. The number of ether oxygens (including phenoxy) is 1. The predicted octanol–water partition coefficient (Wildman–Crippen LogP) is 1.07. The number of anilines is 1. The van der Waals surface area contributed by atoms with Crippen molar-refractivity contribution in [2.75, 3.05) is 5.73 Å². The highest BCUT2D eigenvalue weighted by Crippen LogP contribution is 2.42. The molecule has 10 heteroatoms. The van der Waals surface area contributed by atoms with Gasteiger partial charge in [0.1, 0.15) is 16.4 Å². The lowest BCUT2D eigenvalue weighted by Crippen LogP contribution is -2.27. The molecule has 124 valence electrons. The number of carbonyl (C=O) groups is 1. The van der Waals surface area contributed by atoms with E-state index in [2.05, 4.69) is 9.97 Å². The molecule has 3 rings (SSSR count). The first-order chi connectivity index (χ1) is 11.0. The maximum absolute atomic E-state index is 12.4. The quantitative estimate of drug-likeness (QED) is 0.769. The number of aldehydes is 1. The van der Waals surface area contributed by atoms with Crippen molar-refractivity contribution in [1.29, 1.82) is 0 Å². The molecule has 0 aromatic carbocycles. The Labute approximate surface area is 139 Å². The summed E-state index contributed by atoms with van der Waals surface area (Å²) in [5.41, 5.74) is 5.26. The van der Waals surface area contributed by atoms with Crippen LogP contribution in [0.3, 0.4) is 0 Å². The number of hydrogen-bond donors (Lipinski definition) is 2. The molecule has 0 bridgehead atoms. The van der Waals surface area contributed by atoms with E-state index in [1.165, 1.54) is 16.3 Å². The van der Waals surface area contributed by atoms with Crippen LogP contribution in [0.4, 0.5) is 5.95 Å². The minimum atomic E-state index is -0.628. The van der Waals surface area contributed by atoms with Crippen LogP contribution in [0.15, 0.2) is 9.59 Å². The Hall–Kier alpha value is -1.65. The van der Waals surface area contributed by atoms with Crippen LogP contribution in [0, 0.1) is 0 Å². The molecule has 1 aliphatic rings. The monoisotopic (exact) mass is 356 g/mol. The van der Waals surface area contributed by atoms with Crippen molar-refractivity contribution >= 4 is 45.7 Å². The van der Waals surface area contributed by atoms with Gasteiger partial charge in [0.25, 0.3) is 5.56 Å². The second-order valence-corrected chi connectivity index (χ2v) is 7.53. The van der Waals surface area contributed by atoms with Crippen LogP contribution < -0.4 is 16.2 Å². The van der Waals surface area contributed by atoms with Gasteiger partial charge in [0, 0.05) is 6.42 Å². The molecule has 1 aliphatic heterocycles. The van der Waals surface area contributed by atoms with E-state index in [9.17, 15) is 14.4 Å². The highest BCUT2D eigenvalue weighted by molar-refractivity contribution is 8.00. The summed E-state index contributed by atoms with van der Waals surface area (Å²) < 4.78 is 7.52. The average molecular weight is 356 g/mol. The van der Waals surface area contributed by atoms with Crippen LogP contribution in [0.2, 0.25) is 0 Å². The lowest BCUT2D eigenvalue weighted by Gasteiger charge is -2.17. The molecule has 2 aromatic heterocycles. The van der Waals surface area contributed by atoms with Gasteiger partial charge in [-0.05, 0) is 6.42 Å². The molecule has 0 spiro atoms. The Morgan fingerprint density at radius 1 is 1.48 bits per heavy atom. The number of H-pyrrole nitrogens is 1. The molecule has 2 unspecified atom stereocenters. The molecular weight excluding hydrogens is 340 g/mol. The third-order valence-electron chi connectivity index (χ3n) is 3.53.